The van der Waals surface area contributed by atoms with E-state index in [2.05, 4.69) is 20.0 Å². The number of aryl methyl sites for hydroxylation is 1. The fourth-order valence-electron chi connectivity index (χ4n) is 5.53. The van der Waals surface area contributed by atoms with Crippen LogP contribution in [0.2, 0.25) is 0 Å². The summed E-state index contributed by atoms with van der Waals surface area (Å²) in [6.07, 6.45) is 5.07. The van der Waals surface area contributed by atoms with Crippen LogP contribution in [0, 0.1) is 0 Å². The van der Waals surface area contributed by atoms with E-state index in [-0.39, 0.29) is 30.1 Å². The topological polar surface area (TPSA) is 147 Å². The van der Waals surface area contributed by atoms with E-state index in [1.165, 1.54) is 4.90 Å². The van der Waals surface area contributed by atoms with Crippen molar-refractivity contribution in [2.75, 3.05) is 12.3 Å². The van der Waals surface area contributed by atoms with E-state index in [1.54, 1.807) is 30.5 Å². The number of carbonyl (C=O) groups excluding carboxylic acids is 2. The summed E-state index contributed by atoms with van der Waals surface area (Å²) in [6.45, 7) is 0.392. The second kappa shape index (κ2) is 12.1. The lowest BCUT2D eigenvalue weighted by Crippen LogP contribution is -2.55. The molecule has 210 valence electrons. The highest BCUT2D eigenvalue weighted by atomic mass is 32.2. The molecule has 2 amide bonds. The Morgan fingerprint density at radius 1 is 1.02 bits per heavy atom. The number of nitrogens with zero attached hydrogens (tertiary/aromatic N) is 3. The zero-order valence-corrected chi connectivity index (χ0v) is 23.0. The van der Waals surface area contributed by atoms with Crippen molar-refractivity contribution in [3.05, 3.63) is 89.2 Å². The summed E-state index contributed by atoms with van der Waals surface area (Å²) < 4.78 is 28.9. The molecule has 2 aliphatic rings. The minimum Gasteiger partial charge on any atom is -0.368 e. The van der Waals surface area contributed by atoms with Crippen molar-refractivity contribution in [3.8, 4) is 0 Å². The van der Waals surface area contributed by atoms with Gasteiger partial charge in [-0.2, -0.15) is 0 Å². The summed E-state index contributed by atoms with van der Waals surface area (Å²) in [6, 6.07) is 16.3. The van der Waals surface area contributed by atoms with Gasteiger partial charge in [0.15, 0.2) is 0 Å². The lowest BCUT2D eigenvalue weighted by Gasteiger charge is -2.31. The van der Waals surface area contributed by atoms with Gasteiger partial charge in [-0.1, -0.05) is 60.7 Å². The second-order valence-electron chi connectivity index (χ2n) is 10.4. The Balaban J connectivity index is 1.29. The van der Waals surface area contributed by atoms with E-state index in [1.807, 2.05) is 36.4 Å². The highest BCUT2D eigenvalue weighted by Crippen LogP contribution is 2.23. The van der Waals surface area contributed by atoms with Crippen molar-refractivity contribution in [3.63, 3.8) is 0 Å². The van der Waals surface area contributed by atoms with Crippen LogP contribution in [0.5, 0.6) is 0 Å². The number of nitrogen functional groups attached to an aromatic ring is 1. The first-order valence-electron chi connectivity index (χ1n) is 13.6. The van der Waals surface area contributed by atoms with Gasteiger partial charge in [0.1, 0.15) is 12.1 Å². The number of hydrogen-bond acceptors (Lipinski definition) is 7. The fourth-order valence-corrected chi connectivity index (χ4v) is 6.86. The van der Waals surface area contributed by atoms with Crippen LogP contribution in [0.3, 0.4) is 0 Å². The first-order chi connectivity index (χ1) is 19.3. The summed E-state index contributed by atoms with van der Waals surface area (Å²) in [5.74, 6) is -0.613. The van der Waals surface area contributed by atoms with Crippen LogP contribution in [0.4, 0.5) is 5.95 Å². The lowest BCUT2D eigenvalue weighted by molar-refractivity contribution is -0.140. The average Bonchev–Trinajstić information content (AvgIpc) is 3.43. The van der Waals surface area contributed by atoms with Crippen LogP contribution < -0.4 is 15.8 Å². The van der Waals surface area contributed by atoms with Crippen molar-refractivity contribution < 1.29 is 18.0 Å². The number of anilines is 1. The van der Waals surface area contributed by atoms with E-state index in [0.717, 1.165) is 16.8 Å². The van der Waals surface area contributed by atoms with Gasteiger partial charge in [0.2, 0.25) is 27.8 Å². The van der Waals surface area contributed by atoms with Crippen LogP contribution in [-0.2, 0) is 44.6 Å². The molecule has 1 fully saturated rings. The van der Waals surface area contributed by atoms with Crippen molar-refractivity contribution >= 4 is 27.8 Å². The minimum absolute atomic E-state index is 0.103. The number of amides is 2. The molecule has 2 aromatic carbocycles. The van der Waals surface area contributed by atoms with E-state index < -0.39 is 28.0 Å². The molecule has 11 heteroatoms. The Kier molecular flexibility index (Phi) is 8.41. The average molecular weight is 563 g/mol. The maximum atomic E-state index is 13.9. The number of aromatic nitrogens is 2. The number of hydrogen-bond donors (Lipinski definition) is 3. The third kappa shape index (κ3) is 6.83. The maximum absolute atomic E-state index is 13.9. The molecular formula is C29H34N6O4S. The van der Waals surface area contributed by atoms with E-state index in [9.17, 15) is 18.0 Å². The number of likely N-dealkylation sites (tertiary alicyclic amines) is 1. The molecule has 1 aliphatic heterocycles. The van der Waals surface area contributed by atoms with Crippen LogP contribution in [0.15, 0.2) is 66.9 Å². The van der Waals surface area contributed by atoms with E-state index in [4.69, 9.17) is 5.73 Å². The third-order valence-electron chi connectivity index (χ3n) is 7.46. The normalized spacial score (nSPS) is 19.6. The Bertz CT molecular complexity index is 1450. The molecule has 40 heavy (non-hydrogen) atoms. The number of sulfonamides is 1. The molecule has 5 rings (SSSR count). The Labute approximate surface area is 234 Å². The Morgan fingerprint density at radius 3 is 2.45 bits per heavy atom. The van der Waals surface area contributed by atoms with E-state index in [0.29, 0.717) is 44.2 Å². The monoisotopic (exact) mass is 562 g/mol. The number of benzene rings is 2. The number of carbonyl (C=O) groups is 2. The first kappa shape index (κ1) is 27.7. The van der Waals surface area contributed by atoms with Gasteiger partial charge in [0.05, 0.1) is 5.75 Å². The summed E-state index contributed by atoms with van der Waals surface area (Å²) in [7, 11) is -3.84. The van der Waals surface area contributed by atoms with Gasteiger partial charge in [-0.15, -0.1) is 0 Å². The molecule has 0 bridgehead atoms. The number of fused-ring (bicyclic) bond motifs is 1. The summed E-state index contributed by atoms with van der Waals surface area (Å²) in [5, 5.41) is 3.11. The summed E-state index contributed by atoms with van der Waals surface area (Å²) >= 11 is 0. The molecule has 3 aromatic rings. The fraction of sp³-hybridized carbons (Fsp3) is 0.379. The van der Waals surface area contributed by atoms with Crippen molar-refractivity contribution in [2.24, 2.45) is 0 Å². The molecule has 0 saturated carbocycles. The predicted octanol–water partition coefficient (Wildman–Crippen LogP) is 1.75. The zero-order valence-electron chi connectivity index (χ0n) is 22.2. The standard InChI is InChI=1S/C29H34N6O4S/c30-29-31-18-22-17-23(13-14-24(22)33-29)32-27(36)26-12-7-15-35(26)28(37)25(16-20-8-3-1-4-9-20)34-40(38,39)19-21-10-5-2-6-11-21/h1-6,8-11,18,23,25-26,34H,7,12-17,19H2,(H,32,36)(H2,30,31,33). The number of rotatable bonds is 9. The predicted molar refractivity (Wildman–Crippen MR) is 151 cm³/mol. The maximum Gasteiger partial charge on any atom is 0.243 e. The number of nitrogens with one attached hydrogen (secondary N) is 2. The highest BCUT2D eigenvalue weighted by Gasteiger charge is 2.39. The summed E-state index contributed by atoms with van der Waals surface area (Å²) in [5.41, 5.74) is 9.02. The van der Waals surface area contributed by atoms with Crippen LogP contribution >= 0.6 is 0 Å². The van der Waals surface area contributed by atoms with Gasteiger partial charge in [0.25, 0.3) is 0 Å². The molecule has 1 saturated heterocycles. The summed E-state index contributed by atoms with van der Waals surface area (Å²) in [4.78, 5) is 37.2. The van der Waals surface area contributed by atoms with Gasteiger partial charge in [-0.05, 0) is 55.2 Å². The van der Waals surface area contributed by atoms with Gasteiger partial charge in [-0.3, -0.25) is 9.59 Å². The smallest absolute Gasteiger partial charge is 0.243 e. The highest BCUT2D eigenvalue weighted by molar-refractivity contribution is 7.88. The third-order valence-corrected chi connectivity index (χ3v) is 8.81. The van der Waals surface area contributed by atoms with E-state index >= 15 is 0 Å². The SMILES string of the molecule is Nc1ncc2c(n1)CCC(NC(=O)C1CCCN1C(=O)C(Cc1ccccc1)NS(=O)(=O)Cc1ccccc1)C2. The van der Waals surface area contributed by atoms with Crippen molar-refractivity contribution in [1.82, 2.24) is 24.9 Å². The van der Waals surface area contributed by atoms with Crippen LogP contribution in [-0.4, -0.2) is 59.8 Å². The van der Waals surface area contributed by atoms with Crippen molar-refractivity contribution in [1.29, 1.82) is 0 Å². The van der Waals surface area contributed by atoms with Crippen LogP contribution in [0.25, 0.3) is 0 Å². The molecule has 10 nitrogen and oxygen atoms in total. The van der Waals surface area contributed by atoms with Gasteiger partial charge in [0, 0.05) is 24.5 Å². The number of nitrogens with two attached hydrogens (primary N) is 1. The largest absolute Gasteiger partial charge is 0.368 e. The van der Waals surface area contributed by atoms with Gasteiger partial charge in [-0.25, -0.2) is 23.1 Å². The molecule has 1 aliphatic carbocycles. The Hall–Kier alpha value is -3.83. The molecule has 1 aromatic heterocycles. The molecule has 0 radical (unpaired) electrons. The molecular weight excluding hydrogens is 528 g/mol. The minimum atomic E-state index is -3.84. The van der Waals surface area contributed by atoms with Gasteiger partial charge >= 0.3 is 0 Å². The molecule has 3 atom stereocenters. The molecule has 2 heterocycles. The lowest BCUT2D eigenvalue weighted by atomic mass is 9.92. The molecule has 3 unspecified atom stereocenters. The van der Waals surface area contributed by atoms with Crippen LogP contribution in [0.1, 0.15) is 41.6 Å². The quantitative estimate of drug-likeness (QED) is 0.360. The van der Waals surface area contributed by atoms with Crippen molar-refractivity contribution in [2.45, 2.75) is 62.4 Å². The van der Waals surface area contributed by atoms with Gasteiger partial charge < -0.3 is 16.0 Å². The zero-order chi connectivity index (χ0) is 28.1. The molecule has 4 N–H and O–H groups in total. The second-order valence-corrected chi connectivity index (χ2v) is 12.2. The Morgan fingerprint density at radius 2 is 1.73 bits per heavy atom. The first-order valence-corrected chi connectivity index (χ1v) is 15.2. The molecule has 0 spiro atoms.